The van der Waals surface area contributed by atoms with E-state index in [1.807, 2.05) is 53.4 Å². The number of rotatable bonds is 8. The number of carbonyl (C=O) groups is 1. The van der Waals surface area contributed by atoms with E-state index in [0.29, 0.717) is 13.2 Å². The molecule has 1 fully saturated rings. The maximum absolute atomic E-state index is 13.5. The zero-order chi connectivity index (χ0) is 24.6. The molecular weight excluding hydrogens is 463 g/mol. The van der Waals surface area contributed by atoms with Gasteiger partial charge in [0.25, 0.3) is 0 Å². The molecule has 0 spiro atoms. The van der Waals surface area contributed by atoms with Crippen molar-refractivity contribution in [2.45, 2.75) is 25.2 Å². The number of hydrogen-bond acceptors (Lipinski definition) is 2. The summed E-state index contributed by atoms with van der Waals surface area (Å²) in [4.78, 5) is 15.5. The van der Waals surface area contributed by atoms with Gasteiger partial charge in [0.1, 0.15) is 0 Å². The van der Waals surface area contributed by atoms with Crippen molar-refractivity contribution < 1.29 is 9.53 Å². The first kappa shape index (κ1) is 24.2. The van der Waals surface area contributed by atoms with E-state index in [1.54, 1.807) is 0 Å². The van der Waals surface area contributed by atoms with Gasteiger partial charge in [-0.05, 0) is 48.8 Å². The van der Waals surface area contributed by atoms with Crippen LogP contribution in [0, 0.1) is 0 Å². The lowest BCUT2D eigenvalue weighted by Gasteiger charge is -2.29. The lowest BCUT2D eigenvalue weighted by Crippen LogP contribution is -2.41. The van der Waals surface area contributed by atoms with Gasteiger partial charge in [0.2, 0.25) is 0 Å². The van der Waals surface area contributed by atoms with Crippen LogP contribution in [0.25, 0.3) is 0 Å². The Hall–Kier alpha value is -3.46. The SMILES string of the molecule is O=C(Nc1ccccc1)N1C[C@H](OCc2ccccc2)C[C@H]1CP(c1ccccc1)c1ccccc1. The van der Waals surface area contributed by atoms with E-state index in [0.717, 1.165) is 23.8 Å². The van der Waals surface area contributed by atoms with Crippen molar-refractivity contribution >= 4 is 30.2 Å². The Morgan fingerprint density at radius 2 is 1.31 bits per heavy atom. The van der Waals surface area contributed by atoms with Crippen LogP contribution in [-0.2, 0) is 11.3 Å². The van der Waals surface area contributed by atoms with Gasteiger partial charge in [0.15, 0.2) is 0 Å². The predicted molar refractivity (Wildman–Crippen MR) is 150 cm³/mol. The molecule has 5 heteroatoms. The summed E-state index contributed by atoms with van der Waals surface area (Å²) in [5.41, 5.74) is 1.96. The largest absolute Gasteiger partial charge is 0.372 e. The standard InChI is InChI=1S/C31H31N2O2P/c34-31(32-26-15-7-2-8-16-26)33-22-28(35-23-25-13-5-1-6-14-25)21-27(33)24-36(29-17-9-3-10-18-29)30-19-11-4-12-20-30/h1-20,27-28H,21-24H2,(H,32,34)/t27-,28+/m0/s1. The second kappa shape index (κ2) is 12.0. The summed E-state index contributed by atoms with van der Waals surface area (Å²) in [5, 5.41) is 5.76. The molecule has 0 bridgehead atoms. The first-order valence-corrected chi connectivity index (χ1v) is 13.9. The van der Waals surface area contributed by atoms with E-state index in [2.05, 4.69) is 78.1 Å². The van der Waals surface area contributed by atoms with Crippen LogP contribution < -0.4 is 15.9 Å². The van der Waals surface area contributed by atoms with Gasteiger partial charge in [0.05, 0.1) is 12.7 Å². The third kappa shape index (κ3) is 6.20. The fraction of sp³-hybridized carbons (Fsp3) is 0.194. The molecule has 4 nitrogen and oxygen atoms in total. The van der Waals surface area contributed by atoms with E-state index in [-0.39, 0.29) is 18.2 Å². The van der Waals surface area contributed by atoms with Crippen LogP contribution in [0.2, 0.25) is 0 Å². The van der Waals surface area contributed by atoms with E-state index in [1.165, 1.54) is 10.6 Å². The number of para-hydroxylation sites is 1. The van der Waals surface area contributed by atoms with E-state index < -0.39 is 7.92 Å². The fourth-order valence-electron chi connectivity index (χ4n) is 4.71. The maximum Gasteiger partial charge on any atom is 0.322 e. The molecule has 0 unspecified atom stereocenters. The topological polar surface area (TPSA) is 41.6 Å². The molecule has 5 rings (SSSR count). The fourth-order valence-corrected chi connectivity index (χ4v) is 7.26. The number of ether oxygens (including phenoxy) is 1. The van der Waals surface area contributed by atoms with Gasteiger partial charge in [-0.25, -0.2) is 4.79 Å². The molecule has 1 saturated heterocycles. The zero-order valence-electron chi connectivity index (χ0n) is 20.2. The third-order valence-corrected chi connectivity index (χ3v) is 9.15. The molecule has 4 aromatic carbocycles. The lowest BCUT2D eigenvalue weighted by molar-refractivity contribution is 0.0488. The summed E-state index contributed by atoms with van der Waals surface area (Å²) in [5.74, 6) is 0. The average molecular weight is 495 g/mol. The van der Waals surface area contributed by atoms with Crippen LogP contribution in [0.1, 0.15) is 12.0 Å². The molecule has 2 atom stereocenters. The highest BCUT2D eigenvalue weighted by molar-refractivity contribution is 7.73. The van der Waals surface area contributed by atoms with Crippen molar-refractivity contribution in [3.63, 3.8) is 0 Å². The van der Waals surface area contributed by atoms with Crippen molar-refractivity contribution in [3.8, 4) is 0 Å². The Kier molecular flexibility index (Phi) is 8.07. The maximum atomic E-state index is 13.5. The number of carbonyl (C=O) groups excluding carboxylic acids is 1. The molecule has 1 aliphatic heterocycles. The third-order valence-electron chi connectivity index (χ3n) is 6.52. The number of benzene rings is 4. The second-order valence-electron chi connectivity index (χ2n) is 9.04. The Balaban J connectivity index is 1.37. The monoisotopic (exact) mass is 494 g/mol. The van der Waals surface area contributed by atoms with Gasteiger partial charge >= 0.3 is 6.03 Å². The molecule has 0 saturated carbocycles. The molecule has 1 heterocycles. The van der Waals surface area contributed by atoms with E-state index >= 15 is 0 Å². The number of amides is 2. The van der Waals surface area contributed by atoms with Crippen molar-refractivity contribution in [1.82, 2.24) is 4.90 Å². The predicted octanol–water partition coefficient (Wildman–Crippen LogP) is 6.01. The second-order valence-corrected chi connectivity index (χ2v) is 11.3. The minimum Gasteiger partial charge on any atom is -0.372 e. The Morgan fingerprint density at radius 1 is 0.778 bits per heavy atom. The Labute approximate surface area is 214 Å². The van der Waals surface area contributed by atoms with Crippen LogP contribution in [-0.4, -0.2) is 35.8 Å². The van der Waals surface area contributed by atoms with Gasteiger partial charge in [0, 0.05) is 18.3 Å². The molecule has 0 radical (unpaired) electrons. The first-order valence-electron chi connectivity index (χ1n) is 12.4. The van der Waals surface area contributed by atoms with Gasteiger partial charge in [-0.3, -0.25) is 0 Å². The minimum absolute atomic E-state index is 0.000117. The number of urea groups is 1. The van der Waals surface area contributed by atoms with Crippen LogP contribution in [0.5, 0.6) is 0 Å². The molecule has 1 N–H and O–H groups in total. The summed E-state index contributed by atoms with van der Waals surface area (Å²) < 4.78 is 6.33. The molecule has 0 aliphatic carbocycles. The van der Waals surface area contributed by atoms with Crippen molar-refractivity contribution in [3.05, 3.63) is 127 Å². The quantitative estimate of drug-likeness (QED) is 0.305. The highest BCUT2D eigenvalue weighted by Gasteiger charge is 2.37. The van der Waals surface area contributed by atoms with Crippen molar-refractivity contribution in [1.29, 1.82) is 0 Å². The Bertz CT molecular complexity index is 1180. The number of nitrogens with zero attached hydrogens (tertiary/aromatic N) is 1. The van der Waals surface area contributed by atoms with Crippen LogP contribution in [0.3, 0.4) is 0 Å². The molecule has 4 aromatic rings. The summed E-state index contributed by atoms with van der Waals surface area (Å²) in [7, 11) is -0.622. The summed E-state index contributed by atoms with van der Waals surface area (Å²) >= 11 is 0. The first-order chi connectivity index (χ1) is 17.8. The molecule has 1 aliphatic rings. The summed E-state index contributed by atoms with van der Waals surface area (Å²) in [6.07, 6.45) is 1.73. The minimum atomic E-state index is -0.622. The molecule has 182 valence electrons. The zero-order valence-corrected chi connectivity index (χ0v) is 21.1. The highest BCUT2D eigenvalue weighted by Crippen LogP contribution is 2.38. The van der Waals surface area contributed by atoms with Gasteiger partial charge < -0.3 is 15.0 Å². The molecular formula is C31H31N2O2P. The van der Waals surface area contributed by atoms with Gasteiger partial charge in [-0.1, -0.05) is 109 Å². The summed E-state index contributed by atoms with van der Waals surface area (Å²) in [6, 6.07) is 41.3. The lowest BCUT2D eigenvalue weighted by atomic mass is 10.2. The van der Waals surface area contributed by atoms with Gasteiger partial charge in [-0.2, -0.15) is 0 Å². The number of hydrogen-bond donors (Lipinski definition) is 1. The van der Waals surface area contributed by atoms with Crippen LogP contribution >= 0.6 is 7.92 Å². The number of likely N-dealkylation sites (tertiary alicyclic amines) is 1. The summed E-state index contributed by atoms with van der Waals surface area (Å²) in [6.45, 7) is 1.14. The average Bonchev–Trinajstić information content (AvgIpc) is 3.36. The van der Waals surface area contributed by atoms with E-state index in [9.17, 15) is 4.79 Å². The molecule has 0 aromatic heterocycles. The normalized spacial score (nSPS) is 17.3. The smallest absolute Gasteiger partial charge is 0.322 e. The highest BCUT2D eigenvalue weighted by atomic mass is 31.1. The van der Waals surface area contributed by atoms with Crippen molar-refractivity contribution in [2.24, 2.45) is 0 Å². The molecule has 36 heavy (non-hydrogen) atoms. The van der Waals surface area contributed by atoms with Crippen molar-refractivity contribution in [2.75, 3.05) is 18.0 Å². The Morgan fingerprint density at radius 3 is 1.89 bits per heavy atom. The van der Waals surface area contributed by atoms with Gasteiger partial charge in [-0.15, -0.1) is 0 Å². The van der Waals surface area contributed by atoms with E-state index in [4.69, 9.17) is 4.74 Å². The number of nitrogens with one attached hydrogen (secondary N) is 1. The van der Waals surface area contributed by atoms with Crippen LogP contribution in [0.4, 0.5) is 10.5 Å². The van der Waals surface area contributed by atoms with Crippen LogP contribution in [0.15, 0.2) is 121 Å². The number of anilines is 1. The molecule has 2 amide bonds.